The molecule has 1 aliphatic rings. The molecular weight excluding hydrogens is 519 g/mol. The van der Waals surface area contributed by atoms with E-state index in [1.54, 1.807) is 0 Å². The van der Waals surface area contributed by atoms with E-state index in [0.29, 0.717) is 5.56 Å². The zero-order valence-corrected chi connectivity index (χ0v) is 25.1. The second-order valence-corrected chi connectivity index (χ2v) is 13.8. The Labute approximate surface area is 239 Å². The maximum Gasteiger partial charge on any atom is 0.394 e. The maximum atomic E-state index is 13.7. The standard InChI is InChI=1S/C36H37F3NO/c1-20-9-11-26-27(15-20)21(2)29-31-30-23(13-14-40(31)8)17-24-16-22(18-35(6,7)36(37,38)39)10-12-25(24)32(30)41-33(29)28(26)19-34(3,4)5/h9-17H,18-19H2,1-8H3/q+1. The molecule has 0 saturated heterocycles. The summed E-state index contributed by atoms with van der Waals surface area (Å²) in [6.07, 6.45) is -1.46. The van der Waals surface area contributed by atoms with Gasteiger partial charge in [-0.3, -0.25) is 0 Å². The Morgan fingerprint density at radius 3 is 2.15 bits per heavy atom. The molecule has 5 heteroatoms. The number of pyridine rings is 1. The monoisotopic (exact) mass is 556 g/mol. The number of halogens is 3. The zero-order chi connectivity index (χ0) is 29.6. The lowest BCUT2D eigenvalue weighted by atomic mass is 9.81. The van der Waals surface area contributed by atoms with E-state index in [1.807, 2.05) is 18.2 Å². The van der Waals surface area contributed by atoms with Crippen LogP contribution in [0.4, 0.5) is 13.2 Å². The average molecular weight is 557 g/mol. The van der Waals surface area contributed by atoms with Crippen LogP contribution in [0.1, 0.15) is 56.9 Å². The van der Waals surface area contributed by atoms with Crippen molar-refractivity contribution in [2.24, 2.45) is 17.9 Å². The molecule has 212 valence electrons. The Hall–Kier alpha value is -3.60. The molecule has 4 aromatic carbocycles. The molecule has 1 aromatic heterocycles. The minimum atomic E-state index is -4.28. The van der Waals surface area contributed by atoms with Crippen LogP contribution >= 0.6 is 0 Å². The normalized spacial score (nSPS) is 13.6. The highest BCUT2D eigenvalue weighted by atomic mass is 19.4. The lowest BCUT2D eigenvalue weighted by Crippen LogP contribution is -2.34. The zero-order valence-electron chi connectivity index (χ0n) is 25.1. The number of hydrogen-bond acceptors (Lipinski definition) is 1. The van der Waals surface area contributed by atoms with Gasteiger partial charge < -0.3 is 4.74 Å². The second kappa shape index (κ2) is 8.95. The fourth-order valence-electron chi connectivity index (χ4n) is 6.41. The number of alkyl halides is 3. The van der Waals surface area contributed by atoms with Gasteiger partial charge >= 0.3 is 6.18 Å². The summed E-state index contributed by atoms with van der Waals surface area (Å²) in [5.74, 6) is 1.66. The molecule has 0 bridgehead atoms. The van der Waals surface area contributed by atoms with Crippen LogP contribution in [-0.4, -0.2) is 6.18 Å². The average Bonchev–Trinajstić information content (AvgIpc) is 2.86. The Balaban J connectivity index is 1.67. The lowest BCUT2D eigenvalue weighted by molar-refractivity contribution is -0.659. The topological polar surface area (TPSA) is 13.1 Å². The van der Waals surface area contributed by atoms with Gasteiger partial charge in [0.05, 0.1) is 16.4 Å². The Morgan fingerprint density at radius 1 is 0.756 bits per heavy atom. The van der Waals surface area contributed by atoms with Gasteiger partial charge in [0, 0.05) is 17.0 Å². The molecule has 0 spiro atoms. The molecule has 0 radical (unpaired) electrons. The van der Waals surface area contributed by atoms with Crippen LogP contribution in [0.2, 0.25) is 0 Å². The Bertz CT molecular complexity index is 1890. The minimum absolute atomic E-state index is 0.0254. The van der Waals surface area contributed by atoms with Gasteiger partial charge in [-0.25, -0.2) is 4.57 Å². The minimum Gasteiger partial charge on any atom is -0.455 e. The van der Waals surface area contributed by atoms with Gasteiger partial charge in [-0.2, -0.15) is 13.2 Å². The number of hydrogen-bond donors (Lipinski definition) is 0. The molecule has 0 N–H and O–H groups in total. The van der Waals surface area contributed by atoms with E-state index < -0.39 is 11.6 Å². The van der Waals surface area contributed by atoms with Crippen LogP contribution in [0, 0.1) is 24.7 Å². The van der Waals surface area contributed by atoms with E-state index in [2.05, 4.69) is 82.8 Å². The molecule has 0 amide bonds. The lowest BCUT2D eigenvalue weighted by Gasteiger charge is -2.29. The van der Waals surface area contributed by atoms with Crippen LogP contribution in [-0.2, 0) is 19.9 Å². The SMILES string of the molecule is Cc1ccc2c(CC(C)(C)C)c3c(c(C)c2c1)-c1c2c(c4ccc(CC(C)(C)C(F)(F)F)cc4cc2cc[n+]1C)O3. The molecule has 5 aromatic rings. The first-order valence-corrected chi connectivity index (χ1v) is 14.2. The predicted molar refractivity (Wildman–Crippen MR) is 162 cm³/mol. The van der Waals surface area contributed by atoms with Crippen molar-refractivity contribution in [3.05, 3.63) is 77.0 Å². The van der Waals surface area contributed by atoms with Crippen LogP contribution in [0.15, 0.2) is 54.7 Å². The third-order valence-corrected chi connectivity index (χ3v) is 8.60. The summed E-state index contributed by atoms with van der Waals surface area (Å²) < 4.78 is 50.3. The molecule has 0 fully saturated rings. The van der Waals surface area contributed by atoms with Gasteiger partial charge in [0.2, 0.25) is 5.69 Å². The van der Waals surface area contributed by atoms with E-state index in [4.69, 9.17) is 4.74 Å². The molecule has 1 aliphatic heterocycles. The number of benzene rings is 4. The van der Waals surface area contributed by atoms with Crippen molar-refractivity contribution >= 4 is 32.3 Å². The van der Waals surface area contributed by atoms with Crippen LogP contribution in [0.3, 0.4) is 0 Å². The predicted octanol–water partition coefficient (Wildman–Crippen LogP) is 10.1. The first kappa shape index (κ1) is 27.6. The maximum absolute atomic E-state index is 13.7. The number of aryl methyl sites for hydroxylation is 3. The van der Waals surface area contributed by atoms with Crippen molar-refractivity contribution in [1.29, 1.82) is 0 Å². The first-order valence-electron chi connectivity index (χ1n) is 14.2. The van der Waals surface area contributed by atoms with E-state index in [-0.39, 0.29) is 11.8 Å². The molecule has 0 aliphatic carbocycles. The number of fused-ring (bicyclic) bond motifs is 5. The molecule has 2 heterocycles. The molecule has 6 rings (SSSR count). The highest BCUT2D eigenvalue weighted by Gasteiger charge is 2.47. The summed E-state index contributed by atoms with van der Waals surface area (Å²) in [4.78, 5) is 0. The van der Waals surface area contributed by atoms with E-state index in [1.165, 1.54) is 41.3 Å². The number of rotatable bonds is 3. The Morgan fingerprint density at radius 2 is 1.46 bits per heavy atom. The fourth-order valence-corrected chi connectivity index (χ4v) is 6.41. The molecular formula is C36H37F3NO+. The summed E-state index contributed by atoms with van der Waals surface area (Å²) in [5.41, 5.74) is 4.70. The highest BCUT2D eigenvalue weighted by Crippen LogP contribution is 2.53. The van der Waals surface area contributed by atoms with Crippen molar-refractivity contribution in [2.75, 3.05) is 0 Å². The summed E-state index contributed by atoms with van der Waals surface area (Å²) in [7, 11) is 2.07. The second-order valence-electron chi connectivity index (χ2n) is 13.8. The number of aromatic nitrogens is 1. The van der Waals surface area contributed by atoms with Crippen molar-refractivity contribution in [3.63, 3.8) is 0 Å². The Kier molecular flexibility index (Phi) is 6.02. The quantitative estimate of drug-likeness (QED) is 0.156. The van der Waals surface area contributed by atoms with Crippen LogP contribution in [0.25, 0.3) is 43.6 Å². The van der Waals surface area contributed by atoms with E-state index in [9.17, 15) is 13.2 Å². The van der Waals surface area contributed by atoms with Crippen molar-refractivity contribution in [3.8, 4) is 22.8 Å². The smallest absolute Gasteiger partial charge is 0.394 e. The summed E-state index contributed by atoms with van der Waals surface area (Å²) in [5, 5.41) is 6.29. The molecule has 0 unspecified atom stereocenters. The molecule has 0 atom stereocenters. The van der Waals surface area contributed by atoms with Gasteiger partial charge in [-0.15, -0.1) is 0 Å². The van der Waals surface area contributed by atoms with Gasteiger partial charge in [-0.1, -0.05) is 76.6 Å². The third kappa shape index (κ3) is 4.45. The van der Waals surface area contributed by atoms with Crippen molar-refractivity contribution in [1.82, 2.24) is 0 Å². The first-order chi connectivity index (χ1) is 19.1. The van der Waals surface area contributed by atoms with Gasteiger partial charge in [0.15, 0.2) is 6.20 Å². The highest BCUT2D eigenvalue weighted by molar-refractivity contribution is 6.13. The van der Waals surface area contributed by atoms with Crippen LogP contribution < -0.4 is 9.30 Å². The molecule has 2 nitrogen and oxygen atoms in total. The fraction of sp³-hybridized carbons (Fsp3) is 0.361. The van der Waals surface area contributed by atoms with Gasteiger partial charge in [0.1, 0.15) is 18.5 Å². The molecule has 0 saturated carbocycles. The summed E-state index contributed by atoms with van der Waals surface area (Å²) in [6, 6.07) is 16.5. The van der Waals surface area contributed by atoms with Crippen molar-refractivity contribution < 1.29 is 22.5 Å². The van der Waals surface area contributed by atoms with E-state index >= 15 is 0 Å². The largest absolute Gasteiger partial charge is 0.455 e. The van der Waals surface area contributed by atoms with Gasteiger partial charge in [0.25, 0.3) is 0 Å². The molecule has 41 heavy (non-hydrogen) atoms. The summed E-state index contributed by atoms with van der Waals surface area (Å²) in [6.45, 7) is 13.6. The van der Waals surface area contributed by atoms with Crippen molar-refractivity contribution in [2.45, 2.75) is 67.5 Å². The van der Waals surface area contributed by atoms with Gasteiger partial charge in [-0.05, 0) is 70.8 Å². The van der Waals surface area contributed by atoms with Crippen LogP contribution in [0.5, 0.6) is 11.5 Å². The number of ether oxygens (including phenoxy) is 1. The van der Waals surface area contributed by atoms with E-state index in [0.717, 1.165) is 50.7 Å². The number of nitrogens with zero attached hydrogens (tertiary/aromatic N) is 1. The summed E-state index contributed by atoms with van der Waals surface area (Å²) >= 11 is 0. The third-order valence-electron chi connectivity index (χ3n) is 8.60.